The molecule has 4 aliphatic rings. The van der Waals surface area contributed by atoms with Gasteiger partial charge in [-0.2, -0.15) is 0 Å². The first-order valence-electron chi connectivity index (χ1n) is 22.1. The molecule has 6 atom stereocenters. The number of amides is 5. The largest absolute Gasteiger partial charge is 0.497 e. The number of ether oxygens (including phenoxy) is 2. The van der Waals surface area contributed by atoms with Crippen molar-refractivity contribution in [2.45, 2.75) is 141 Å². The Balaban J connectivity index is 1.19. The van der Waals surface area contributed by atoms with Crippen molar-refractivity contribution in [2.24, 2.45) is 11.3 Å². The summed E-state index contributed by atoms with van der Waals surface area (Å²) in [6.07, 6.45) is 6.14. The van der Waals surface area contributed by atoms with Crippen molar-refractivity contribution in [1.82, 2.24) is 35.7 Å². The van der Waals surface area contributed by atoms with E-state index in [4.69, 9.17) is 19.4 Å². The SMILES string of the molecule is COc1ccc2c(O[C@@H]3C[C@H]4C(=O)N[C@]5(C(=O)O)C[C@@H]5CCCCCCC[C@H](NC(=O)N[C@H](CN5CCCC5=O)C(C)(C)C)C(=O)N4C3)cc(-c3csc(NC(C)C)n3)nc2c1. The number of pyridine rings is 1. The van der Waals surface area contributed by atoms with Crippen LogP contribution in [0.25, 0.3) is 22.3 Å². The Morgan fingerprint density at radius 3 is 2.48 bits per heavy atom. The van der Waals surface area contributed by atoms with E-state index in [-0.39, 0.29) is 30.8 Å². The fraction of sp³-hybridized carbons (Fsp3) is 0.622. The van der Waals surface area contributed by atoms with Gasteiger partial charge in [-0.1, -0.05) is 52.9 Å². The molecule has 16 nitrogen and oxygen atoms in total. The summed E-state index contributed by atoms with van der Waals surface area (Å²) >= 11 is 1.46. The van der Waals surface area contributed by atoms with E-state index in [0.717, 1.165) is 37.2 Å². The van der Waals surface area contributed by atoms with Gasteiger partial charge < -0.3 is 45.6 Å². The fourth-order valence-corrected chi connectivity index (χ4v) is 9.83. The maximum Gasteiger partial charge on any atom is 0.329 e. The van der Waals surface area contributed by atoms with Crippen LogP contribution in [0.2, 0.25) is 0 Å². The number of aliphatic carboxylic acids is 1. The van der Waals surface area contributed by atoms with Gasteiger partial charge in [0.05, 0.1) is 30.9 Å². The summed E-state index contributed by atoms with van der Waals surface area (Å²) in [7, 11) is 1.58. The predicted octanol–water partition coefficient (Wildman–Crippen LogP) is 5.94. The van der Waals surface area contributed by atoms with Gasteiger partial charge in [-0.25, -0.2) is 19.6 Å². The van der Waals surface area contributed by atoms with Crippen molar-refractivity contribution >= 4 is 57.1 Å². The highest BCUT2D eigenvalue weighted by molar-refractivity contribution is 7.14. The van der Waals surface area contributed by atoms with Gasteiger partial charge in [-0.3, -0.25) is 14.4 Å². The maximum atomic E-state index is 14.9. The zero-order chi connectivity index (χ0) is 44.3. The molecule has 5 heterocycles. The quantitative estimate of drug-likeness (QED) is 0.152. The van der Waals surface area contributed by atoms with E-state index in [1.54, 1.807) is 12.0 Å². The van der Waals surface area contributed by atoms with Crippen LogP contribution in [-0.4, -0.2) is 117 Å². The van der Waals surface area contributed by atoms with Crippen LogP contribution in [0.5, 0.6) is 11.5 Å². The molecule has 336 valence electrons. The second-order valence-corrected chi connectivity index (χ2v) is 19.6. The molecule has 0 unspecified atom stereocenters. The molecule has 3 aliphatic heterocycles. The molecule has 1 aromatic carbocycles. The molecule has 1 saturated carbocycles. The Morgan fingerprint density at radius 1 is 1.03 bits per heavy atom. The van der Waals surface area contributed by atoms with E-state index in [2.05, 4.69) is 21.3 Å². The Bertz CT molecular complexity index is 2160. The molecular weight excluding hydrogens is 813 g/mol. The average Bonchev–Trinajstić information content (AvgIpc) is 3.55. The van der Waals surface area contributed by atoms with Gasteiger partial charge in [0.1, 0.15) is 40.9 Å². The van der Waals surface area contributed by atoms with E-state index >= 15 is 0 Å². The average molecular weight is 875 g/mol. The highest BCUT2D eigenvalue weighted by Gasteiger charge is 2.62. The number of anilines is 1. The van der Waals surface area contributed by atoms with Crippen LogP contribution in [0.3, 0.4) is 0 Å². The minimum absolute atomic E-state index is 0.0103. The summed E-state index contributed by atoms with van der Waals surface area (Å²) < 4.78 is 12.3. The van der Waals surface area contributed by atoms with Crippen LogP contribution < -0.4 is 30.7 Å². The van der Waals surface area contributed by atoms with Gasteiger partial charge in [-0.15, -0.1) is 11.3 Å². The molecule has 4 fully saturated rings. The summed E-state index contributed by atoms with van der Waals surface area (Å²) in [6, 6.07) is 4.49. The van der Waals surface area contributed by atoms with E-state index in [9.17, 15) is 29.1 Å². The van der Waals surface area contributed by atoms with Crippen molar-refractivity contribution in [3.63, 3.8) is 0 Å². The van der Waals surface area contributed by atoms with Crippen LogP contribution >= 0.6 is 11.3 Å². The molecule has 17 heteroatoms. The Morgan fingerprint density at radius 2 is 1.79 bits per heavy atom. The standard InChI is InChI=1S/C45H62N8O8S/c1-26(2)46-43-49-34(25-62-43)33-21-36(30-17-16-28(60-6)19-32(30)47-33)61-29-20-35-39(55)51-45(41(57)58)22-27(45)13-10-8-7-9-11-14-31(40(56)53(35)23-29)48-42(59)50-37(44(3,4)5)24-52-18-12-15-38(52)54/h16-17,19,21,25-27,29,31,35,37H,7-15,18,20,22-24H2,1-6H3,(H,46,49)(H,51,55)(H,57,58)(H2,48,50,59)/t27-,29+,31-,35-,37+,45+/m0/s1. The molecule has 2 aromatic heterocycles. The van der Waals surface area contributed by atoms with Crippen LogP contribution in [0.1, 0.15) is 105 Å². The molecular formula is C45H62N8O8S. The Kier molecular flexibility index (Phi) is 13.5. The molecule has 5 amide bonds. The molecule has 62 heavy (non-hydrogen) atoms. The lowest BCUT2D eigenvalue weighted by atomic mass is 9.86. The van der Waals surface area contributed by atoms with Gasteiger partial charge in [0.15, 0.2) is 5.13 Å². The molecule has 5 N–H and O–H groups in total. The van der Waals surface area contributed by atoms with Crippen molar-refractivity contribution in [3.05, 3.63) is 29.6 Å². The number of hydrogen-bond donors (Lipinski definition) is 5. The van der Waals surface area contributed by atoms with Gasteiger partial charge in [0.25, 0.3) is 0 Å². The van der Waals surface area contributed by atoms with Crippen LogP contribution in [0.15, 0.2) is 29.6 Å². The highest BCUT2D eigenvalue weighted by atomic mass is 32.1. The Labute approximate surface area is 367 Å². The minimum Gasteiger partial charge on any atom is -0.497 e. The second-order valence-electron chi connectivity index (χ2n) is 18.8. The molecule has 3 saturated heterocycles. The number of thiazole rings is 1. The third-order valence-electron chi connectivity index (χ3n) is 12.7. The van der Waals surface area contributed by atoms with Crippen molar-refractivity contribution < 1.29 is 38.6 Å². The molecule has 7 rings (SSSR count). The number of urea groups is 1. The zero-order valence-corrected chi connectivity index (χ0v) is 37.6. The number of carbonyl (C=O) groups excluding carboxylic acids is 4. The first-order chi connectivity index (χ1) is 29.5. The molecule has 0 bridgehead atoms. The topological polar surface area (TPSA) is 204 Å². The van der Waals surface area contributed by atoms with Gasteiger partial charge in [-0.05, 0) is 63.0 Å². The minimum atomic E-state index is -1.40. The molecule has 3 aromatic rings. The predicted molar refractivity (Wildman–Crippen MR) is 236 cm³/mol. The van der Waals surface area contributed by atoms with Crippen molar-refractivity contribution in [2.75, 3.05) is 32.1 Å². The van der Waals surface area contributed by atoms with Gasteiger partial charge in [0.2, 0.25) is 17.7 Å². The number of carboxylic acid groups (broad SMARTS) is 1. The van der Waals surface area contributed by atoms with E-state index in [0.29, 0.717) is 79.0 Å². The van der Waals surface area contributed by atoms with Crippen molar-refractivity contribution in [3.8, 4) is 22.9 Å². The molecule has 1 aliphatic carbocycles. The van der Waals surface area contributed by atoms with Crippen LogP contribution in [0, 0.1) is 11.3 Å². The number of methoxy groups -OCH3 is 1. The normalized spacial score (nSPS) is 25.3. The molecule has 0 radical (unpaired) electrons. The number of benzene rings is 1. The number of carboxylic acids is 1. The second kappa shape index (κ2) is 18.7. The van der Waals surface area contributed by atoms with E-state index in [1.807, 2.05) is 64.3 Å². The summed E-state index contributed by atoms with van der Waals surface area (Å²) in [5.41, 5.74) is 0.0205. The number of nitrogens with one attached hydrogen (secondary N) is 4. The molecule has 0 spiro atoms. The summed E-state index contributed by atoms with van der Waals surface area (Å²) in [5, 5.41) is 26.0. The lowest BCUT2D eigenvalue weighted by Crippen LogP contribution is -2.59. The number of fused-ring (bicyclic) bond motifs is 3. The maximum absolute atomic E-state index is 14.9. The zero-order valence-electron chi connectivity index (χ0n) is 36.8. The monoisotopic (exact) mass is 874 g/mol. The first kappa shape index (κ1) is 44.9. The number of nitrogens with zero attached hydrogens (tertiary/aromatic N) is 4. The third kappa shape index (κ3) is 10.2. The fourth-order valence-electron chi connectivity index (χ4n) is 8.98. The first-order valence-corrected chi connectivity index (χ1v) is 23.0. The lowest BCUT2D eigenvalue weighted by molar-refractivity contribution is -0.145. The lowest BCUT2D eigenvalue weighted by Gasteiger charge is -2.35. The van der Waals surface area contributed by atoms with Gasteiger partial charge in [0, 0.05) is 54.9 Å². The van der Waals surface area contributed by atoms with Crippen LogP contribution in [-0.2, 0) is 19.2 Å². The Hall–Kier alpha value is -5.19. The highest BCUT2D eigenvalue weighted by Crippen LogP contribution is 2.48. The summed E-state index contributed by atoms with van der Waals surface area (Å²) in [4.78, 5) is 81.4. The third-order valence-corrected chi connectivity index (χ3v) is 13.5. The smallest absolute Gasteiger partial charge is 0.329 e. The number of aromatic nitrogens is 2. The van der Waals surface area contributed by atoms with Crippen molar-refractivity contribution in [1.29, 1.82) is 0 Å². The van der Waals surface area contributed by atoms with Gasteiger partial charge >= 0.3 is 12.0 Å². The van der Waals surface area contributed by atoms with E-state index < -0.39 is 59.0 Å². The number of rotatable bonds is 11. The van der Waals surface area contributed by atoms with Crippen LogP contribution in [0.4, 0.5) is 9.93 Å². The summed E-state index contributed by atoms with van der Waals surface area (Å²) in [6.45, 7) is 11.1. The summed E-state index contributed by atoms with van der Waals surface area (Å²) in [5.74, 6) is -1.15. The number of likely N-dealkylation sites (tertiary alicyclic amines) is 1. The number of hydrogen-bond acceptors (Lipinski definition) is 11. The number of carbonyl (C=O) groups is 5. The van der Waals surface area contributed by atoms with E-state index in [1.165, 1.54) is 16.2 Å².